The average Bonchev–Trinajstić information content (AvgIpc) is 3.21. The fourth-order valence-electron chi connectivity index (χ4n) is 2.41. The van der Waals surface area contributed by atoms with E-state index in [4.69, 9.17) is 4.74 Å². The Morgan fingerprint density at radius 2 is 1.83 bits per heavy atom. The third kappa shape index (κ3) is 5.80. The number of benzene rings is 2. The van der Waals surface area contributed by atoms with E-state index in [0.29, 0.717) is 11.4 Å². The van der Waals surface area contributed by atoms with E-state index >= 15 is 0 Å². The average molecular weight is 390 g/mol. The van der Waals surface area contributed by atoms with E-state index in [1.807, 2.05) is 36.5 Å². The summed E-state index contributed by atoms with van der Waals surface area (Å²) in [7, 11) is 3.34. The number of carbonyl (C=O) groups is 2. The number of likely N-dealkylation sites (N-methyl/N-ethyl adjacent to an activating group) is 1. The van der Waals surface area contributed by atoms with Gasteiger partial charge in [0.25, 0.3) is 5.91 Å². The van der Waals surface area contributed by atoms with Gasteiger partial charge in [-0.15, -0.1) is 0 Å². The number of hydrogen-bond acceptors (Lipinski definition) is 4. The summed E-state index contributed by atoms with van der Waals surface area (Å²) >= 11 is 0. The van der Waals surface area contributed by atoms with Crippen LogP contribution in [0.5, 0.6) is 5.75 Å². The molecule has 0 spiro atoms. The Morgan fingerprint density at radius 3 is 2.52 bits per heavy atom. The molecule has 0 atom stereocenters. The Kier molecular flexibility index (Phi) is 6.42. The molecule has 3 rings (SSSR count). The number of nitrogens with one attached hydrogen (secondary N) is 1. The van der Waals surface area contributed by atoms with E-state index in [2.05, 4.69) is 10.4 Å². The predicted molar refractivity (Wildman–Crippen MR) is 112 cm³/mol. The van der Waals surface area contributed by atoms with Crippen molar-refractivity contribution < 1.29 is 14.3 Å². The van der Waals surface area contributed by atoms with Crippen molar-refractivity contribution in [3.05, 3.63) is 78.6 Å². The van der Waals surface area contributed by atoms with Gasteiger partial charge in [-0.1, -0.05) is 18.2 Å². The molecule has 29 heavy (non-hydrogen) atoms. The van der Waals surface area contributed by atoms with Gasteiger partial charge in [-0.2, -0.15) is 5.10 Å². The lowest BCUT2D eigenvalue weighted by atomic mass is 10.3. The maximum absolute atomic E-state index is 12.1. The number of rotatable bonds is 7. The minimum Gasteiger partial charge on any atom is -0.484 e. The number of para-hydroxylation sites is 1. The van der Waals surface area contributed by atoms with Crippen molar-refractivity contribution in [2.75, 3.05) is 26.0 Å². The van der Waals surface area contributed by atoms with E-state index in [-0.39, 0.29) is 18.4 Å². The van der Waals surface area contributed by atoms with Crippen LogP contribution in [0.2, 0.25) is 0 Å². The molecule has 0 fully saturated rings. The van der Waals surface area contributed by atoms with Crippen LogP contribution in [0.1, 0.15) is 5.56 Å². The number of ether oxygens (including phenoxy) is 1. The Morgan fingerprint density at radius 1 is 1.10 bits per heavy atom. The van der Waals surface area contributed by atoms with Crippen molar-refractivity contribution in [1.82, 2.24) is 14.7 Å². The third-order valence-electron chi connectivity index (χ3n) is 4.03. The van der Waals surface area contributed by atoms with Crippen LogP contribution in [0, 0.1) is 0 Å². The molecule has 0 unspecified atom stereocenters. The van der Waals surface area contributed by atoms with Crippen molar-refractivity contribution in [3.8, 4) is 11.4 Å². The molecule has 2 amide bonds. The van der Waals surface area contributed by atoms with Gasteiger partial charge in [0.05, 0.1) is 11.9 Å². The molecule has 1 N–H and O–H groups in total. The van der Waals surface area contributed by atoms with Crippen molar-refractivity contribution >= 4 is 23.6 Å². The highest BCUT2D eigenvalue weighted by Gasteiger charge is 2.05. The number of nitrogens with zero attached hydrogens (tertiary/aromatic N) is 3. The predicted octanol–water partition coefficient (Wildman–Crippen LogP) is 2.99. The summed E-state index contributed by atoms with van der Waals surface area (Å²) < 4.78 is 7.15. The first-order valence-corrected chi connectivity index (χ1v) is 9.03. The lowest BCUT2D eigenvalue weighted by Crippen LogP contribution is -2.27. The fourth-order valence-corrected chi connectivity index (χ4v) is 2.41. The lowest BCUT2D eigenvalue weighted by Gasteiger charge is -2.11. The molecule has 3 aromatic rings. The van der Waals surface area contributed by atoms with Crippen LogP contribution in [-0.2, 0) is 9.59 Å². The van der Waals surface area contributed by atoms with E-state index < -0.39 is 0 Å². The van der Waals surface area contributed by atoms with Crippen LogP contribution in [0.3, 0.4) is 0 Å². The van der Waals surface area contributed by atoms with Crippen molar-refractivity contribution in [3.63, 3.8) is 0 Å². The zero-order valence-corrected chi connectivity index (χ0v) is 16.3. The van der Waals surface area contributed by atoms with Gasteiger partial charge in [0.2, 0.25) is 5.91 Å². The molecular weight excluding hydrogens is 368 g/mol. The molecule has 0 aliphatic carbocycles. The SMILES string of the molecule is CN(C)C(=O)COc1ccc(NC(=O)/C=C/c2cnn(-c3ccccc3)c2)cc1. The summed E-state index contributed by atoms with van der Waals surface area (Å²) in [6.07, 6.45) is 6.69. The van der Waals surface area contributed by atoms with E-state index in [1.165, 1.54) is 11.0 Å². The normalized spacial score (nSPS) is 10.7. The highest BCUT2D eigenvalue weighted by atomic mass is 16.5. The number of aromatic nitrogens is 2. The van der Waals surface area contributed by atoms with Crippen molar-refractivity contribution in [2.24, 2.45) is 0 Å². The number of amides is 2. The Bertz CT molecular complexity index is 992. The highest BCUT2D eigenvalue weighted by Crippen LogP contribution is 2.16. The van der Waals surface area contributed by atoms with E-state index in [0.717, 1.165) is 11.3 Å². The molecule has 7 heteroatoms. The first-order valence-electron chi connectivity index (χ1n) is 9.03. The first-order chi connectivity index (χ1) is 14.0. The summed E-state index contributed by atoms with van der Waals surface area (Å²) in [5, 5.41) is 7.07. The summed E-state index contributed by atoms with van der Waals surface area (Å²) in [6.45, 7) is -0.0297. The van der Waals surface area contributed by atoms with Crippen LogP contribution in [-0.4, -0.2) is 47.2 Å². The molecule has 1 aromatic heterocycles. The Hall–Kier alpha value is -3.87. The van der Waals surface area contributed by atoms with E-state index in [1.54, 1.807) is 55.3 Å². The van der Waals surface area contributed by atoms with Gasteiger partial charge in [0, 0.05) is 37.6 Å². The molecule has 7 nitrogen and oxygen atoms in total. The zero-order valence-electron chi connectivity index (χ0n) is 16.3. The van der Waals surface area contributed by atoms with Gasteiger partial charge in [0.1, 0.15) is 5.75 Å². The fraction of sp³-hybridized carbons (Fsp3) is 0.136. The lowest BCUT2D eigenvalue weighted by molar-refractivity contribution is -0.130. The molecule has 0 aliphatic heterocycles. The molecule has 1 heterocycles. The molecule has 148 valence electrons. The summed E-state index contributed by atoms with van der Waals surface area (Å²) in [4.78, 5) is 25.1. The topological polar surface area (TPSA) is 76.5 Å². The smallest absolute Gasteiger partial charge is 0.259 e. The van der Waals surface area contributed by atoms with Crippen LogP contribution >= 0.6 is 0 Å². The van der Waals surface area contributed by atoms with Crippen LogP contribution in [0.15, 0.2) is 73.1 Å². The van der Waals surface area contributed by atoms with E-state index in [9.17, 15) is 9.59 Å². The van der Waals surface area contributed by atoms with Gasteiger partial charge in [0.15, 0.2) is 6.61 Å². The first kappa shape index (κ1) is 19.9. The summed E-state index contributed by atoms with van der Waals surface area (Å²) in [5.74, 6) is 0.180. The largest absolute Gasteiger partial charge is 0.484 e. The molecule has 0 saturated heterocycles. The van der Waals surface area contributed by atoms with Gasteiger partial charge < -0.3 is 15.0 Å². The highest BCUT2D eigenvalue weighted by molar-refractivity contribution is 6.01. The minimum atomic E-state index is -0.256. The maximum Gasteiger partial charge on any atom is 0.259 e. The molecule has 0 radical (unpaired) electrons. The molecule has 0 saturated carbocycles. The second kappa shape index (κ2) is 9.36. The summed E-state index contributed by atoms with van der Waals surface area (Å²) in [6, 6.07) is 16.6. The number of hydrogen-bond donors (Lipinski definition) is 1. The second-order valence-corrected chi connectivity index (χ2v) is 6.48. The summed E-state index contributed by atoms with van der Waals surface area (Å²) in [5.41, 5.74) is 2.40. The third-order valence-corrected chi connectivity index (χ3v) is 4.03. The Labute approximate surface area is 169 Å². The van der Waals surface area contributed by atoms with Crippen LogP contribution < -0.4 is 10.1 Å². The standard InChI is InChI=1S/C22H22N4O3/c1-25(2)22(28)16-29-20-11-9-18(10-12-20)24-21(27)13-8-17-14-23-26(15-17)19-6-4-3-5-7-19/h3-15H,16H2,1-2H3,(H,24,27)/b13-8+. The second-order valence-electron chi connectivity index (χ2n) is 6.48. The monoisotopic (exact) mass is 390 g/mol. The zero-order chi connectivity index (χ0) is 20.6. The molecule has 2 aromatic carbocycles. The van der Waals surface area contributed by atoms with Crippen molar-refractivity contribution in [2.45, 2.75) is 0 Å². The minimum absolute atomic E-state index is 0.0297. The van der Waals surface area contributed by atoms with Gasteiger partial charge >= 0.3 is 0 Å². The van der Waals surface area contributed by atoms with Crippen LogP contribution in [0.4, 0.5) is 5.69 Å². The number of carbonyl (C=O) groups excluding carboxylic acids is 2. The quantitative estimate of drug-likeness (QED) is 0.629. The molecule has 0 aliphatic rings. The van der Waals surface area contributed by atoms with Crippen molar-refractivity contribution in [1.29, 1.82) is 0 Å². The van der Waals surface area contributed by atoms with Gasteiger partial charge in [-0.3, -0.25) is 9.59 Å². The Balaban J connectivity index is 1.53. The molecule has 0 bridgehead atoms. The van der Waals surface area contributed by atoms with Gasteiger partial charge in [-0.05, 0) is 42.5 Å². The molecular formula is C22H22N4O3. The van der Waals surface area contributed by atoms with Gasteiger partial charge in [-0.25, -0.2) is 4.68 Å². The number of anilines is 1. The maximum atomic E-state index is 12.1. The van der Waals surface area contributed by atoms with Crippen LogP contribution in [0.25, 0.3) is 11.8 Å².